The Balaban J connectivity index is 1.61. The lowest BCUT2D eigenvalue weighted by Gasteiger charge is -2.38. The largest absolute Gasteiger partial charge is 0.497 e. The number of methoxy groups -OCH3 is 1. The first kappa shape index (κ1) is 29.8. The first-order chi connectivity index (χ1) is 19.7. The van der Waals surface area contributed by atoms with E-state index in [2.05, 4.69) is 15.5 Å². The zero-order chi connectivity index (χ0) is 29.5. The quantitative estimate of drug-likeness (QED) is 0.344. The smallest absolute Gasteiger partial charge is 0.323 e. The molecule has 4 rings (SSSR count). The lowest BCUT2D eigenvalue weighted by Crippen LogP contribution is -2.49. The molecule has 0 unspecified atom stereocenters. The highest BCUT2D eigenvalue weighted by Gasteiger charge is 2.34. The number of fused-ring (bicyclic) bond motifs is 1. The summed E-state index contributed by atoms with van der Waals surface area (Å²) in [5.41, 5.74) is 2.13. The van der Waals surface area contributed by atoms with Crippen molar-refractivity contribution in [2.45, 2.75) is 32.5 Å². The molecule has 1 aliphatic heterocycles. The summed E-state index contributed by atoms with van der Waals surface area (Å²) in [6.45, 7) is 5.23. The Bertz CT molecular complexity index is 1340. The van der Waals surface area contributed by atoms with Crippen LogP contribution in [0.5, 0.6) is 11.5 Å². The zero-order valence-corrected chi connectivity index (χ0v) is 23.8. The molecule has 3 amide bonds. The van der Waals surface area contributed by atoms with E-state index in [1.165, 1.54) is 24.3 Å². The number of carbonyl (C=O) groups excluding carboxylic acids is 2. The summed E-state index contributed by atoms with van der Waals surface area (Å²) >= 11 is 0. The van der Waals surface area contributed by atoms with E-state index in [1.807, 2.05) is 38.2 Å². The number of para-hydroxylation sites is 1. The normalized spacial score (nSPS) is 17.6. The van der Waals surface area contributed by atoms with E-state index in [-0.39, 0.29) is 30.3 Å². The third-order valence-electron chi connectivity index (χ3n) is 7.14. The molecule has 3 aromatic rings. The molecule has 1 heterocycles. The Morgan fingerprint density at radius 2 is 1.85 bits per heavy atom. The molecule has 0 bridgehead atoms. The molecule has 3 atom stereocenters. The fraction of sp³-hybridized carbons (Fsp3) is 0.355. The third kappa shape index (κ3) is 7.53. The fourth-order valence-corrected chi connectivity index (χ4v) is 4.79. The van der Waals surface area contributed by atoms with E-state index >= 15 is 0 Å². The Morgan fingerprint density at radius 3 is 2.51 bits per heavy atom. The minimum Gasteiger partial charge on any atom is -0.497 e. The molecule has 9 nitrogen and oxygen atoms in total. The van der Waals surface area contributed by atoms with Crippen LogP contribution in [0.25, 0.3) is 0 Å². The van der Waals surface area contributed by atoms with Gasteiger partial charge in [0.05, 0.1) is 31.0 Å². The fourth-order valence-electron chi connectivity index (χ4n) is 4.79. The molecule has 218 valence electrons. The van der Waals surface area contributed by atoms with Crippen molar-refractivity contribution in [2.24, 2.45) is 5.92 Å². The molecule has 10 heteroatoms. The zero-order valence-electron chi connectivity index (χ0n) is 23.8. The van der Waals surface area contributed by atoms with Gasteiger partial charge in [-0.15, -0.1) is 0 Å². The second-order valence-corrected chi connectivity index (χ2v) is 10.4. The summed E-state index contributed by atoms with van der Waals surface area (Å²) in [5.74, 6) is 0.250. The average molecular weight is 565 g/mol. The first-order valence-corrected chi connectivity index (χ1v) is 13.5. The van der Waals surface area contributed by atoms with Gasteiger partial charge < -0.3 is 30.1 Å². The molecule has 41 heavy (non-hydrogen) atoms. The summed E-state index contributed by atoms with van der Waals surface area (Å²) in [7, 11) is 3.63. The number of anilines is 2. The van der Waals surface area contributed by atoms with Crippen LogP contribution in [0.4, 0.5) is 20.6 Å². The van der Waals surface area contributed by atoms with Crippen molar-refractivity contribution in [1.29, 1.82) is 0 Å². The minimum atomic E-state index is -0.565. The third-order valence-corrected chi connectivity index (χ3v) is 7.14. The van der Waals surface area contributed by atoms with E-state index in [9.17, 15) is 19.1 Å². The summed E-state index contributed by atoms with van der Waals surface area (Å²) in [6, 6.07) is 17.3. The van der Waals surface area contributed by atoms with Gasteiger partial charge in [0.25, 0.3) is 5.91 Å². The van der Waals surface area contributed by atoms with Crippen LogP contribution in [0.3, 0.4) is 0 Å². The lowest BCUT2D eigenvalue weighted by atomic mass is 9.99. The van der Waals surface area contributed by atoms with Gasteiger partial charge in [-0.1, -0.05) is 25.1 Å². The summed E-state index contributed by atoms with van der Waals surface area (Å²) < 4.78 is 25.1. The number of rotatable bonds is 9. The van der Waals surface area contributed by atoms with Crippen LogP contribution in [0.15, 0.2) is 66.7 Å². The van der Waals surface area contributed by atoms with Gasteiger partial charge in [0.2, 0.25) is 0 Å². The number of nitrogens with zero attached hydrogens (tertiary/aromatic N) is 2. The predicted molar refractivity (Wildman–Crippen MR) is 156 cm³/mol. The van der Waals surface area contributed by atoms with Gasteiger partial charge in [-0.3, -0.25) is 9.69 Å². The highest BCUT2D eigenvalue weighted by Crippen LogP contribution is 2.35. The molecule has 0 aromatic heterocycles. The maximum Gasteiger partial charge on any atom is 0.323 e. The Morgan fingerprint density at radius 1 is 1.15 bits per heavy atom. The Hall–Kier alpha value is -4.15. The van der Waals surface area contributed by atoms with E-state index in [4.69, 9.17) is 9.47 Å². The number of halogens is 1. The average Bonchev–Trinajstić information content (AvgIpc) is 2.96. The molecule has 0 saturated heterocycles. The van der Waals surface area contributed by atoms with Crippen molar-refractivity contribution in [1.82, 2.24) is 9.80 Å². The standard InChI is InChI=1S/C31H37FN4O5/c1-20-16-36(21(2)19-37)30(38)26-6-5-7-27(34-31(39)33-24-12-10-23(32)11-13-24)29(26)41-28(20)18-35(3)17-22-8-14-25(40-4)15-9-22/h5-15,20-21,28,37H,16-19H2,1-4H3,(H2,33,34,39)/t20-,21-,28-/m1/s1. The van der Waals surface area contributed by atoms with Crippen molar-refractivity contribution in [3.05, 3.63) is 83.7 Å². The maximum atomic E-state index is 13.7. The van der Waals surface area contributed by atoms with Crippen molar-refractivity contribution in [3.63, 3.8) is 0 Å². The molecule has 1 aliphatic rings. The molecular weight excluding hydrogens is 527 g/mol. The number of hydrogen-bond donors (Lipinski definition) is 3. The van der Waals surface area contributed by atoms with Crippen molar-refractivity contribution < 1.29 is 28.6 Å². The van der Waals surface area contributed by atoms with Gasteiger partial charge in [-0.25, -0.2) is 9.18 Å². The van der Waals surface area contributed by atoms with Crippen LogP contribution in [-0.2, 0) is 6.54 Å². The van der Waals surface area contributed by atoms with Crippen LogP contribution in [-0.4, -0.2) is 72.8 Å². The van der Waals surface area contributed by atoms with Crippen LogP contribution in [0, 0.1) is 11.7 Å². The van der Waals surface area contributed by atoms with E-state index in [0.717, 1.165) is 11.3 Å². The summed E-state index contributed by atoms with van der Waals surface area (Å²) in [5, 5.41) is 15.4. The second kappa shape index (κ2) is 13.5. The number of urea groups is 1. The van der Waals surface area contributed by atoms with Crippen LogP contribution in [0.2, 0.25) is 0 Å². The molecular formula is C31H37FN4O5. The summed E-state index contributed by atoms with van der Waals surface area (Å²) in [6.07, 6.45) is -0.346. The van der Waals surface area contributed by atoms with E-state index in [1.54, 1.807) is 37.1 Å². The molecule has 3 N–H and O–H groups in total. The molecule has 0 radical (unpaired) electrons. The molecule has 0 saturated carbocycles. The van der Waals surface area contributed by atoms with Gasteiger partial charge >= 0.3 is 6.03 Å². The number of benzene rings is 3. The monoisotopic (exact) mass is 564 g/mol. The number of aliphatic hydroxyl groups is 1. The number of nitrogens with one attached hydrogen (secondary N) is 2. The van der Waals surface area contributed by atoms with Gasteiger partial charge in [0, 0.05) is 31.2 Å². The second-order valence-electron chi connectivity index (χ2n) is 10.4. The molecule has 0 fully saturated rings. The Labute approximate surface area is 239 Å². The lowest BCUT2D eigenvalue weighted by molar-refractivity contribution is 0.0343. The molecule has 3 aromatic carbocycles. The number of carbonyl (C=O) groups is 2. The van der Waals surface area contributed by atoms with Gasteiger partial charge in [0.1, 0.15) is 17.7 Å². The topological polar surface area (TPSA) is 103 Å². The van der Waals surface area contributed by atoms with E-state index in [0.29, 0.717) is 36.6 Å². The predicted octanol–water partition coefficient (Wildman–Crippen LogP) is 4.83. The number of ether oxygens (including phenoxy) is 2. The van der Waals surface area contributed by atoms with Crippen LogP contribution >= 0.6 is 0 Å². The van der Waals surface area contributed by atoms with Gasteiger partial charge in [0.15, 0.2) is 5.75 Å². The van der Waals surface area contributed by atoms with Crippen molar-refractivity contribution in [2.75, 3.05) is 44.5 Å². The number of likely N-dealkylation sites (N-methyl/N-ethyl adjacent to an activating group) is 1. The Kier molecular flexibility index (Phi) is 9.80. The van der Waals surface area contributed by atoms with Crippen LogP contribution in [0.1, 0.15) is 29.8 Å². The van der Waals surface area contributed by atoms with E-state index < -0.39 is 17.9 Å². The molecule has 0 aliphatic carbocycles. The first-order valence-electron chi connectivity index (χ1n) is 13.5. The SMILES string of the molecule is COc1ccc(CN(C)C[C@H]2Oc3c(NC(=O)Nc4ccc(F)cc4)cccc3C(=O)N([C@H](C)CO)C[C@H]2C)cc1. The number of aliphatic hydroxyl groups excluding tert-OH is 1. The van der Waals surface area contributed by atoms with Crippen molar-refractivity contribution in [3.8, 4) is 11.5 Å². The summed E-state index contributed by atoms with van der Waals surface area (Å²) in [4.78, 5) is 30.3. The van der Waals surface area contributed by atoms with Crippen LogP contribution < -0.4 is 20.1 Å². The van der Waals surface area contributed by atoms with Gasteiger partial charge in [-0.2, -0.15) is 0 Å². The maximum absolute atomic E-state index is 13.7. The minimum absolute atomic E-state index is 0.0967. The highest BCUT2D eigenvalue weighted by molar-refractivity contribution is 6.04. The highest BCUT2D eigenvalue weighted by atomic mass is 19.1. The number of hydrogen-bond acceptors (Lipinski definition) is 6. The number of amides is 3. The molecule has 0 spiro atoms. The van der Waals surface area contributed by atoms with Crippen molar-refractivity contribution >= 4 is 23.3 Å². The van der Waals surface area contributed by atoms with Gasteiger partial charge in [-0.05, 0) is 68.1 Å².